The molecule has 80 valence electrons. The average molecular weight is 217 g/mol. The molecule has 2 aliphatic heterocycles. The third-order valence-electron chi connectivity index (χ3n) is 2.21. The van der Waals surface area contributed by atoms with Gasteiger partial charge >= 0.3 is 7.59 Å². The van der Waals surface area contributed by atoms with E-state index in [2.05, 4.69) is 4.76 Å². The summed E-state index contributed by atoms with van der Waals surface area (Å²) in [6, 6.07) is 0. The van der Waals surface area contributed by atoms with Crippen molar-refractivity contribution in [2.24, 2.45) is 4.76 Å². The molecule has 2 saturated heterocycles. The monoisotopic (exact) mass is 217 g/mol. The van der Waals surface area contributed by atoms with Crippen molar-refractivity contribution in [3.63, 3.8) is 0 Å². The van der Waals surface area contributed by atoms with Crippen molar-refractivity contribution < 1.29 is 9.30 Å². The normalized spacial score (nSPS) is 23.7. The lowest BCUT2D eigenvalue weighted by molar-refractivity contribution is 0.325. The van der Waals surface area contributed by atoms with E-state index in [9.17, 15) is 4.57 Å². The summed E-state index contributed by atoms with van der Waals surface area (Å²) >= 11 is 0. The zero-order valence-corrected chi connectivity index (χ0v) is 9.54. The molecule has 2 aliphatic rings. The minimum absolute atomic E-state index is 0.537. The Morgan fingerprint density at radius 1 is 1.36 bits per heavy atom. The highest BCUT2D eigenvalue weighted by Crippen LogP contribution is 2.61. The van der Waals surface area contributed by atoms with Gasteiger partial charge in [-0.1, -0.05) is 0 Å². The van der Waals surface area contributed by atoms with Crippen molar-refractivity contribution in [1.82, 2.24) is 9.34 Å². The molecule has 6 heteroatoms. The summed E-state index contributed by atoms with van der Waals surface area (Å²) in [6.45, 7) is 7.85. The van der Waals surface area contributed by atoms with Gasteiger partial charge in [-0.2, -0.15) is 4.76 Å². The van der Waals surface area contributed by atoms with Gasteiger partial charge in [-0.15, -0.1) is 0 Å². The van der Waals surface area contributed by atoms with Gasteiger partial charge in [0, 0.05) is 33.1 Å². The molecule has 5 nitrogen and oxygen atoms in total. The van der Waals surface area contributed by atoms with E-state index in [0.717, 1.165) is 26.2 Å². The maximum atomic E-state index is 12.4. The third kappa shape index (κ3) is 2.00. The first-order valence-corrected chi connectivity index (χ1v) is 6.54. The van der Waals surface area contributed by atoms with Gasteiger partial charge in [0.25, 0.3) is 0 Å². The van der Waals surface area contributed by atoms with Gasteiger partial charge in [0.05, 0.1) is 6.61 Å². The second-order valence-corrected chi connectivity index (χ2v) is 5.83. The quantitative estimate of drug-likeness (QED) is 0.307. The Hall–Kier alpha value is -0.380. The van der Waals surface area contributed by atoms with Crippen LogP contribution in [0.15, 0.2) is 4.76 Å². The fourth-order valence-electron chi connectivity index (χ4n) is 1.34. The van der Waals surface area contributed by atoms with Crippen LogP contribution in [0.5, 0.6) is 0 Å². The van der Waals surface area contributed by atoms with Crippen molar-refractivity contribution in [3.05, 3.63) is 0 Å². The van der Waals surface area contributed by atoms with Crippen LogP contribution >= 0.6 is 7.59 Å². The van der Waals surface area contributed by atoms with E-state index >= 15 is 0 Å². The van der Waals surface area contributed by atoms with Crippen LogP contribution in [-0.4, -0.2) is 48.0 Å². The predicted molar refractivity (Wildman–Crippen MR) is 55.5 cm³/mol. The fraction of sp³-hybridized carbons (Fsp3) is 0.875. The van der Waals surface area contributed by atoms with E-state index in [-0.39, 0.29) is 0 Å². The molecule has 14 heavy (non-hydrogen) atoms. The van der Waals surface area contributed by atoms with Crippen LogP contribution in [0.4, 0.5) is 0 Å². The largest absolute Gasteiger partial charge is 0.481 e. The summed E-state index contributed by atoms with van der Waals surface area (Å²) in [5, 5.41) is 0. The van der Waals surface area contributed by atoms with E-state index in [1.54, 1.807) is 6.92 Å². The van der Waals surface area contributed by atoms with Gasteiger partial charge < -0.3 is 4.74 Å². The van der Waals surface area contributed by atoms with E-state index in [1.165, 1.54) is 0 Å². The topological polar surface area (TPSA) is 44.7 Å². The summed E-state index contributed by atoms with van der Waals surface area (Å²) in [4.78, 5) is 0. The summed E-state index contributed by atoms with van der Waals surface area (Å²) < 4.78 is 25.7. The van der Waals surface area contributed by atoms with Gasteiger partial charge in [-0.3, -0.25) is 4.57 Å². The number of rotatable bonds is 4. The predicted octanol–water partition coefficient (Wildman–Crippen LogP) is 1.18. The molecule has 0 aromatic rings. The standard InChI is InChI=1S/C8H16N3O2P/c1-3-13-8(2)9-14(12,10-4-5-10)11-6-7-11/h3-7H2,1-2H3/b9-8-. The molecule has 0 aliphatic carbocycles. The molecule has 0 aromatic heterocycles. The molecular weight excluding hydrogens is 201 g/mol. The van der Waals surface area contributed by atoms with Crippen molar-refractivity contribution >= 4 is 13.5 Å². The van der Waals surface area contributed by atoms with Crippen LogP contribution < -0.4 is 0 Å². The van der Waals surface area contributed by atoms with E-state index in [1.807, 2.05) is 16.3 Å². The van der Waals surface area contributed by atoms with E-state index < -0.39 is 7.59 Å². The molecule has 0 unspecified atom stereocenters. The Bertz CT molecular complexity index is 281. The molecule has 0 aromatic carbocycles. The summed E-state index contributed by atoms with van der Waals surface area (Å²) in [7, 11) is -2.60. The second-order valence-electron chi connectivity index (χ2n) is 3.47. The first-order valence-electron chi connectivity index (χ1n) is 4.97. The first-order chi connectivity index (χ1) is 6.66. The third-order valence-corrected chi connectivity index (χ3v) is 5.02. The molecule has 0 saturated carbocycles. The molecule has 2 heterocycles. The highest BCUT2D eigenvalue weighted by molar-refractivity contribution is 7.58. The van der Waals surface area contributed by atoms with Crippen LogP contribution in [0.25, 0.3) is 0 Å². The fourth-order valence-corrected chi connectivity index (χ4v) is 3.59. The highest BCUT2D eigenvalue weighted by Gasteiger charge is 2.48. The number of ether oxygens (including phenoxy) is 1. The van der Waals surface area contributed by atoms with Crippen LogP contribution in [0.1, 0.15) is 13.8 Å². The molecule has 0 radical (unpaired) electrons. The molecule has 2 fully saturated rings. The Labute approximate surface area is 84.3 Å². The van der Waals surface area contributed by atoms with Crippen LogP contribution in [0.2, 0.25) is 0 Å². The van der Waals surface area contributed by atoms with Crippen molar-refractivity contribution in [2.75, 3.05) is 32.8 Å². The van der Waals surface area contributed by atoms with E-state index in [0.29, 0.717) is 12.5 Å². The minimum atomic E-state index is -2.60. The van der Waals surface area contributed by atoms with Gasteiger partial charge in [0.15, 0.2) is 5.90 Å². The van der Waals surface area contributed by atoms with Crippen LogP contribution in [0, 0.1) is 0 Å². The second kappa shape index (κ2) is 3.65. The van der Waals surface area contributed by atoms with E-state index in [4.69, 9.17) is 4.74 Å². The molecule has 0 N–H and O–H groups in total. The Morgan fingerprint density at radius 2 is 1.86 bits per heavy atom. The maximum absolute atomic E-state index is 12.4. The van der Waals surface area contributed by atoms with Crippen LogP contribution in [-0.2, 0) is 9.30 Å². The smallest absolute Gasteiger partial charge is 0.332 e. The van der Waals surface area contributed by atoms with Gasteiger partial charge in [-0.05, 0) is 6.92 Å². The highest BCUT2D eigenvalue weighted by atomic mass is 31.2. The molecule has 0 amide bonds. The van der Waals surface area contributed by atoms with Gasteiger partial charge in [0.1, 0.15) is 0 Å². The number of hydrogen-bond donors (Lipinski definition) is 0. The van der Waals surface area contributed by atoms with Crippen molar-refractivity contribution in [3.8, 4) is 0 Å². The van der Waals surface area contributed by atoms with Crippen molar-refractivity contribution in [1.29, 1.82) is 0 Å². The SMILES string of the molecule is CCO/C(C)=N\P(=O)(N1CC1)N1CC1. The zero-order valence-electron chi connectivity index (χ0n) is 8.64. The van der Waals surface area contributed by atoms with Crippen LogP contribution in [0.3, 0.4) is 0 Å². The first kappa shape index (κ1) is 10.1. The molecule has 0 bridgehead atoms. The average Bonchev–Trinajstić information content (AvgIpc) is 2.98. The van der Waals surface area contributed by atoms with Gasteiger partial charge in [-0.25, -0.2) is 9.34 Å². The molecular formula is C8H16N3O2P. The lowest BCUT2D eigenvalue weighted by Crippen LogP contribution is -2.06. The Morgan fingerprint density at radius 3 is 2.21 bits per heavy atom. The molecule has 2 rings (SSSR count). The lowest BCUT2D eigenvalue weighted by atomic mass is 10.7. The number of hydrogen-bond acceptors (Lipinski definition) is 2. The Balaban J connectivity index is 2.10. The van der Waals surface area contributed by atoms with Gasteiger partial charge in [0.2, 0.25) is 0 Å². The summed E-state index contributed by atoms with van der Waals surface area (Å²) in [5.74, 6) is 0.537. The summed E-state index contributed by atoms with van der Waals surface area (Å²) in [6.07, 6.45) is 0. The maximum Gasteiger partial charge on any atom is 0.332 e. The minimum Gasteiger partial charge on any atom is -0.481 e. The zero-order chi connectivity index (χ0) is 10.2. The summed E-state index contributed by atoms with van der Waals surface area (Å²) in [5.41, 5.74) is 0. The number of nitrogens with zero attached hydrogens (tertiary/aromatic N) is 3. The molecule has 0 atom stereocenters. The Kier molecular flexibility index (Phi) is 2.64. The van der Waals surface area contributed by atoms with Crippen molar-refractivity contribution in [2.45, 2.75) is 13.8 Å². The molecule has 0 spiro atoms. The lowest BCUT2D eigenvalue weighted by Gasteiger charge is -2.15.